The number of hydrogen-bond acceptors (Lipinski definition) is 2. The summed E-state index contributed by atoms with van der Waals surface area (Å²) in [6.45, 7) is 1.69. The van der Waals surface area contributed by atoms with E-state index >= 15 is 0 Å². The topological polar surface area (TPSA) is 49.4 Å². The van der Waals surface area contributed by atoms with Crippen LogP contribution in [-0.2, 0) is 34.3 Å². The molecule has 1 atom stereocenters. The molecule has 0 aromatic heterocycles. The van der Waals surface area contributed by atoms with Gasteiger partial charge in [-0.1, -0.05) is 36.4 Å². The van der Waals surface area contributed by atoms with Gasteiger partial charge in [-0.15, -0.1) is 0 Å². The molecule has 2 aliphatic heterocycles. The molecule has 1 unspecified atom stereocenters. The molecule has 1 N–H and O–H groups in total. The zero-order valence-corrected chi connectivity index (χ0v) is 16.2. The Morgan fingerprint density at radius 3 is 2.86 bits per heavy atom. The van der Waals surface area contributed by atoms with Crippen molar-refractivity contribution in [2.45, 2.75) is 50.4 Å². The Balaban J connectivity index is 1.34. The van der Waals surface area contributed by atoms with E-state index in [0.717, 1.165) is 42.7 Å². The number of carbonyl (C=O) groups excluding carboxylic acids is 2. The molecule has 4 nitrogen and oxygen atoms in total. The van der Waals surface area contributed by atoms with Gasteiger partial charge < -0.3 is 10.2 Å². The van der Waals surface area contributed by atoms with Gasteiger partial charge >= 0.3 is 0 Å². The van der Waals surface area contributed by atoms with Crippen LogP contribution in [0.5, 0.6) is 0 Å². The van der Waals surface area contributed by atoms with Gasteiger partial charge in [0.05, 0.1) is 12.8 Å². The van der Waals surface area contributed by atoms with Gasteiger partial charge in [-0.3, -0.25) is 9.59 Å². The molecule has 1 fully saturated rings. The summed E-state index contributed by atoms with van der Waals surface area (Å²) < 4.78 is 0. The fourth-order valence-corrected chi connectivity index (χ4v) is 5.43. The van der Waals surface area contributed by atoms with Gasteiger partial charge in [-0.25, -0.2) is 0 Å². The molecule has 4 heteroatoms. The lowest BCUT2D eigenvalue weighted by molar-refractivity contribution is -0.133. The van der Waals surface area contributed by atoms with Crippen molar-refractivity contribution in [1.29, 1.82) is 0 Å². The lowest BCUT2D eigenvalue weighted by atomic mass is 9.66. The smallest absolute Gasteiger partial charge is 0.228 e. The minimum atomic E-state index is 0.0346. The Morgan fingerprint density at radius 1 is 1.07 bits per heavy atom. The number of amides is 2. The minimum absolute atomic E-state index is 0.0346. The van der Waals surface area contributed by atoms with Gasteiger partial charge in [-0.2, -0.15) is 0 Å². The Labute approximate surface area is 165 Å². The van der Waals surface area contributed by atoms with E-state index in [1.807, 2.05) is 18.2 Å². The summed E-state index contributed by atoms with van der Waals surface area (Å²) >= 11 is 0. The van der Waals surface area contributed by atoms with Crippen LogP contribution >= 0.6 is 0 Å². The molecule has 2 aromatic rings. The van der Waals surface area contributed by atoms with Crippen molar-refractivity contribution in [3.8, 4) is 0 Å². The molecule has 2 heterocycles. The van der Waals surface area contributed by atoms with E-state index in [-0.39, 0.29) is 17.2 Å². The maximum atomic E-state index is 13.1. The average molecular weight is 374 g/mol. The minimum Gasteiger partial charge on any atom is -0.342 e. The maximum absolute atomic E-state index is 13.1. The highest BCUT2D eigenvalue weighted by molar-refractivity contribution is 5.99. The lowest BCUT2D eigenvalue weighted by Crippen LogP contribution is -2.50. The summed E-state index contributed by atoms with van der Waals surface area (Å²) in [5, 5.41) is 2.88. The Kier molecular flexibility index (Phi) is 4.22. The van der Waals surface area contributed by atoms with Crippen LogP contribution in [0.3, 0.4) is 0 Å². The molecule has 2 amide bonds. The number of likely N-dealkylation sites (tertiary alicyclic amines) is 1. The number of rotatable bonds is 2. The van der Waals surface area contributed by atoms with Gasteiger partial charge in [0.25, 0.3) is 0 Å². The average Bonchev–Trinajstić information content (AvgIpc) is 3.08. The fraction of sp³-hybridized carbons (Fsp3) is 0.417. The molecule has 144 valence electrons. The number of benzene rings is 2. The van der Waals surface area contributed by atoms with Crippen LogP contribution < -0.4 is 5.32 Å². The predicted octanol–water partition coefficient (Wildman–Crippen LogP) is 3.62. The first-order chi connectivity index (χ1) is 13.6. The number of nitrogens with zero attached hydrogens (tertiary/aromatic N) is 1. The van der Waals surface area contributed by atoms with E-state index in [2.05, 4.69) is 34.5 Å². The van der Waals surface area contributed by atoms with Crippen LogP contribution in [0.1, 0.15) is 47.9 Å². The highest BCUT2D eigenvalue weighted by Gasteiger charge is 2.41. The number of hydrogen-bond donors (Lipinski definition) is 1. The van der Waals surface area contributed by atoms with Gasteiger partial charge in [0.2, 0.25) is 11.8 Å². The second-order valence-corrected chi connectivity index (χ2v) is 8.60. The summed E-state index contributed by atoms with van der Waals surface area (Å²) in [5.41, 5.74) is 5.95. The number of carbonyl (C=O) groups is 2. The zero-order valence-electron chi connectivity index (χ0n) is 16.2. The Bertz CT molecular complexity index is 951. The molecule has 0 saturated carbocycles. The SMILES string of the molecule is O=C1Cc2ccc(CC(=O)N3CCCC4(CCCc5ccccc54)C3)cc2N1. The number of fused-ring (bicyclic) bond motifs is 3. The number of piperidine rings is 1. The van der Waals surface area contributed by atoms with Crippen molar-refractivity contribution in [2.75, 3.05) is 18.4 Å². The van der Waals surface area contributed by atoms with Crippen molar-refractivity contribution in [3.05, 3.63) is 64.7 Å². The summed E-state index contributed by atoms with van der Waals surface area (Å²) in [6, 6.07) is 14.8. The van der Waals surface area contributed by atoms with Gasteiger partial charge in [-0.05, 0) is 60.4 Å². The third-order valence-corrected chi connectivity index (χ3v) is 6.77. The summed E-state index contributed by atoms with van der Waals surface area (Å²) in [7, 11) is 0. The van der Waals surface area contributed by atoms with Crippen molar-refractivity contribution in [3.63, 3.8) is 0 Å². The van der Waals surface area contributed by atoms with E-state index in [1.54, 1.807) is 0 Å². The van der Waals surface area contributed by atoms with E-state index in [4.69, 9.17) is 0 Å². The van der Waals surface area contributed by atoms with Crippen molar-refractivity contribution < 1.29 is 9.59 Å². The van der Waals surface area contributed by atoms with Crippen LogP contribution in [0, 0.1) is 0 Å². The fourth-order valence-electron chi connectivity index (χ4n) is 5.43. The molecule has 5 rings (SSSR count). The van der Waals surface area contributed by atoms with Gasteiger partial charge in [0, 0.05) is 24.2 Å². The van der Waals surface area contributed by atoms with E-state index < -0.39 is 0 Å². The predicted molar refractivity (Wildman–Crippen MR) is 109 cm³/mol. The van der Waals surface area contributed by atoms with Crippen LogP contribution in [0.2, 0.25) is 0 Å². The third-order valence-electron chi connectivity index (χ3n) is 6.77. The van der Waals surface area contributed by atoms with Gasteiger partial charge in [0.1, 0.15) is 0 Å². The van der Waals surface area contributed by atoms with E-state index in [9.17, 15) is 9.59 Å². The molecule has 1 aliphatic carbocycles. The van der Waals surface area contributed by atoms with Gasteiger partial charge in [0.15, 0.2) is 0 Å². The number of nitrogens with one attached hydrogen (secondary N) is 1. The second-order valence-electron chi connectivity index (χ2n) is 8.60. The first kappa shape index (κ1) is 17.5. The van der Waals surface area contributed by atoms with Crippen LogP contribution in [0.4, 0.5) is 5.69 Å². The quantitative estimate of drug-likeness (QED) is 0.873. The molecular weight excluding hydrogens is 348 g/mol. The standard InChI is InChI=1S/C24H26N2O2/c27-22-15-19-9-8-17(13-21(19)25-22)14-23(28)26-12-4-11-24(16-26)10-3-6-18-5-1-2-7-20(18)24/h1-2,5,7-9,13H,3-4,6,10-12,14-16H2,(H,25,27). The molecule has 2 aromatic carbocycles. The van der Waals surface area contributed by atoms with Crippen LogP contribution in [0.25, 0.3) is 0 Å². The van der Waals surface area contributed by atoms with Crippen LogP contribution in [0.15, 0.2) is 42.5 Å². The molecule has 1 saturated heterocycles. The first-order valence-electron chi connectivity index (χ1n) is 10.4. The summed E-state index contributed by atoms with van der Waals surface area (Å²) in [5.74, 6) is 0.235. The summed E-state index contributed by atoms with van der Waals surface area (Å²) in [4.78, 5) is 26.8. The second kappa shape index (κ2) is 6.77. The molecule has 0 bridgehead atoms. The Hall–Kier alpha value is -2.62. The molecule has 28 heavy (non-hydrogen) atoms. The number of aryl methyl sites for hydroxylation is 1. The van der Waals surface area contributed by atoms with E-state index in [0.29, 0.717) is 12.8 Å². The molecule has 0 radical (unpaired) electrons. The van der Waals surface area contributed by atoms with Crippen molar-refractivity contribution in [2.24, 2.45) is 0 Å². The largest absolute Gasteiger partial charge is 0.342 e. The monoisotopic (exact) mass is 374 g/mol. The third kappa shape index (κ3) is 3.01. The lowest BCUT2D eigenvalue weighted by Gasteiger charge is -2.46. The van der Waals surface area contributed by atoms with Crippen molar-refractivity contribution in [1.82, 2.24) is 4.90 Å². The zero-order chi connectivity index (χ0) is 19.1. The number of anilines is 1. The summed E-state index contributed by atoms with van der Waals surface area (Å²) in [6.07, 6.45) is 6.65. The van der Waals surface area contributed by atoms with E-state index in [1.165, 1.54) is 30.4 Å². The maximum Gasteiger partial charge on any atom is 0.228 e. The first-order valence-corrected chi connectivity index (χ1v) is 10.4. The Morgan fingerprint density at radius 2 is 1.93 bits per heavy atom. The highest BCUT2D eigenvalue weighted by Crippen LogP contribution is 2.43. The normalized spacial score (nSPS) is 23.3. The molecule has 1 spiro atoms. The molecule has 3 aliphatic rings. The molecular formula is C24H26N2O2. The highest BCUT2D eigenvalue weighted by atomic mass is 16.2. The van der Waals surface area contributed by atoms with Crippen molar-refractivity contribution >= 4 is 17.5 Å². The van der Waals surface area contributed by atoms with Crippen LogP contribution in [-0.4, -0.2) is 29.8 Å².